The topological polar surface area (TPSA) is 307 Å². The minimum atomic E-state index is -1.98. The minimum Gasteiger partial charge on any atom is -0.394 e. The lowest BCUT2D eigenvalue weighted by Crippen LogP contribution is -2.66. The third-order valence-corrected chi connectivity index (χ3v) is 23.7. The summed E-state index contributed by atoms with van der Waals surface area (Å²) in [7, 11) is 0. The smallest absolute Gasteiger partial charge is 0.220 e. The number of carbonyl (C=O) groups is 1. The summed E-state index contributed by atoms with van der Waals surface area (Å²) >= 11 is 0. The Kier molecular flexibility index (Phi) is 67.9. The Hall–Kier alpha value is -1.99. The van der Waals surface area contributed by atoms with Crippen molar-refractivity contribution >= 4 is 5.91 Å². The molecule has 0 bridgehead atoms. The molecule has 112 heavy (non-hydrogen) atoms. The van der Waals surface area contributed by atoms with Crippen molar-refractivity contribution in [3.63, 3.8) is 0 Å². The highest BCUT2D eigenvalue weighted by molar-refractivity contribution is 5.76. The van der Waals surface area contributed by atoms with Crippen LogP contribution >= 0.6 is 0 Å². The van der Waals surface area contributed by atoms with Gasteiger partial charge in [-0.05, 0) is 51.4 Å². The molecule has 1 amide bonds. The molecule has 3 fully saturated rings. The largest absolute Gasteiger partial charge is 0.394 e. The molecule has 0 aromatic heterocycles. The summed E-state index contributed by atoms with van der Waals surface area (Å²) in [5, 5.41) is 121. The first-order valence-corrected chi connectivity index (χ1v) is 47.2. The average Bonchev–Trinajstić information content (AvgIpc) is 0.781. The molecule has 660 valence electrons. The van der Waals surface area contributed by atoms with E-state index in [2.05, 4.69) is 43.5 Å². The minimum absolute atomic E-state index is 0.249. The monoisotopic (exact) mass is 1590 g/mol. The van der Waals surface area contributed by atoms with Gasteiger partial charge in [0.05, 0.1) is 38.6 Å². The lowest BCUT2D eigenvalue weighted by atomic mass is 9.96. The van der Waals surface area contributed by atoms with Crippen LogP contribution in [0.15, 0.2) is 36.5 Å². The van der Waals surface area contributed by atoms with Crippen LogP contribution in [0, 0.1) is 0 Å². The number of rotatable bonds is 78. The molecule has 0 saturated carbocycles. The highest BCUT2D eigenvalue weighted by Gasteiger charge is 2.54. The fourth-order valence-electron chi connectivity index (χ4n) is 16.2. The molecule has 17 unspecified atom stereocenters. The first-order valence-electron chi connectivity index (χ1n) is 47.2. The van der Waals surface area contributed by atoms with Crippen molar-refractivity contribution in [3.05, 3.63) is 36.5 Å². The predicted octanol–water partition coefficient (Wildman–Crippen LogP) is 18.6. The maximum Gasteiger partial charge on any atom is 0.220 e. The van der Waals surface area contributed by atoms with Gasteiger partial charge in [0, 0.05) is 6.42 Å². The summed E-state index contributed by atoms with van der Waals surface area (Å²) < 4.78 is 34.6. The Balaban J connectivity index is 1.28. The van der Waals surface area contributed by atoms with E-state index < -0.39 is 124 Å². The fraction of sp³-hybridized carbons (Fsp3) is 0.925. The van der Waals surface area contributed by atoms with Gasteiger partial charge in [0.2, 0.25) is 5.91 Å². The first-order chi connectivity index (χ1) is 54.8. The zero-order chi connectivity index (χ0) is 81.0. The Labute approximate surface area is 682 Å². The van der Waals surface area contributed by atoms with Crippen molar-refractivity contribution in [1.29, 1.82) is 0 Å². The Bertz CT molecular complexity index is 2160. The van der Waals surface area contributed by atoms with Gasteiger partial charge in [0.25, 0.3) is 0 Å². The third-order valence-electron chi connectivity index (χ3n) is 23.7. The SMILES string of the molecule is CCCCCCC/C=C\C/C=C\CCCCCCCCCCCCCCCCCCCCCCCCCCCCCCCC(=O)NC(COC1OC(CO)C(OC2OC(CO)C(OC3OC(CO)C(O)C(O)C3O)C(O)C2O)C(O)C1O)C(O)/C=C/CCCCCCCCCCCCCCCCCCCCCCCCCC. The molecule has 3 aliphatic rings. The number of hydrogen-bond acceptors (Lipinski definition) is 18. The number of carbonyl (C=O) groups excluding carboxylic acids is 1. The summed E-state index contributed by atoms with van der Waals surface area (Å²) in [5.74, 6) is -0.266. The average molecular weight is 1600 g/mol. The van der Waals surface area contributed by atoms with Gasteiger partial charge in [-0.1, -0.05) is 397 Å². The fourth-order valence-corrected chi connectivity index (χ4v) is 16.2. The lowest BCUT2D eigenvalue weighted by molar-refractivity contribution is -0.379. The van der Waals surface area contributed by atoms with Gasteiger partial charge in [-0.3, -0.25) is 4.79 Å². The number of hydrogen-bond donors (Lipinski definition) is 12. The molecule has 0 aliphatic carbocycles. The second kappa shape index (κ2) is 73.0. The van der Waals surface area contributed by atoms with Crippen LogP contribution in [0.4, 0.5) is 0 Å². The number of ether oxygens (including phenoxy) is 6. The number of unbranched alkanes of at least 4 members (excludes halogenated alkanes) is 58. The van der Waals surface area contributed by atoms with Crippen LogP contribution in [0.5, 0.6) is 0 Å². The van der Waals surface area contributed by atoms with Crippen molar-refractivity contribution in [1.82, 2.24) is 5.32 Å². The standard InChI is InChI=1S/C93H175NO18/c1-3-5-7-9-11-13-15-17-19-21-23-25-27-29-31-32-33-34-35-36-37-38-39-40-41-42-43-44-45-47-49-51-53-55-57-59-61-63-65-67-69-71-81(99)94-76(77(98)70-68-66-64-62-60-58-56-54-52-50-48-46-30-28-26-24-22-20-18-16-14-12-10-8-6-4-2)75-107-91-87(105)84(102)89(79(73-96)109-91)112-93-88(106)85(103)90(80(74-97)110-93)111-92-86(104)83(101)82(100)78(72-95)108-92/h15,17,21,23,68,70,76-80,82-93,95-98,100-106H,3-14,16,18-20,22,24-67,69,71-75H2,1-2H3,(H,94,99)/b17-15-,23-21-,70-68+. The van der Waals surface area contributed by atoms with Gasteiger partial charge in [-0.2, -0.15) is 0 Å². The molecule has 0 aromatic carbocycles. The summed E-state index contributed by atoms with van der Waals surface area (Å²) in [6.45, 7) is 1.80. The van der Waals surface area contributed by atoms with Gasteiger partial charge in [0.15, 0.2) is 18.9 Å². The number of allylic oxidation sites excluding steroid dienone is 5. The zero-order valence-electron chi connectivity index (χ0n) is 71.4. The van der Waals surface area contributed by atoms with Gasteiger partial charge >= 0.3 is 0 Å². The van der Waals surface area contributed by atoms with Crippen molar-refractivity contribution < 1.29 is 89.4 Å². The molecular weight excluding hydrogens is 1420 g/mol. The second-order valence-corrected chi connectivity index (χ2v) is 33.8. The Morgan fingerprint density at radius 2 is 0.589 bits per heavy atom. The molecule has 3 rings (SSSR count). The molecule has 17 atom stereocenters. The van der Waals surface area contributed by atoms with Crippen LogP contribution in [0.2, 0.25) is 0 Å². The quantitative estimate of drug-likeness (QED) is 0.0199. The summed E-state index contributed by atoms with van der Waals surface area (Å²) in [6, 6.07) is -0.973. The molecule has 0 radical (unpaired) electrons. The number of nitrogens with one attached hydrogen (secondary N) is 1. The van der Waals surface area contributed by atoms with E-state index in [0.29, 0.717) is 6.42 Å². The number of aliphatic hydroxyl groups excluding tert-OH is 11. The number of amides is 1. The Morgan fingerprint density at radius 3 is 0.911 bits per heavy atom. The van der Waals surface area contributed by atoms with E-state index in [1.807, 2.05) is 6.08 Å². The van der Waals surface area contributed by atoms with Crippen LogP contribution in [-0.4, -0.2) is 193 Å². The summed E-state index contributed by atoms with van der Waals surface area (Å²) in [4.78, 5) is 13.5. The highest BCUT2D eigenvalue weighted by Crippen LogP contribution is 2.34. The van der Waals surface area contributed by atoms with E-state index in [0.717, 1.165) is 51.4 Å². The second-order valence-electron chi connectivity index (χ2n) is 33.8. The van der Waals surface area contributed by atoms with Gasteiger partial charge in [-0.15, -0.1) is 0 Å². The van der Waals surface area contributed by atoms with E-state index in [9.17, 15) is 61.0 Å². The molecule has 3 heterocycles. The third kappa shape index (κ3) is 50.8. The normalized spacial score (nSPS) is 25.0. The molecule has 12 N–H and O–H groups in total. The van der Waals surface area contributed by atoms with Gasteiger partial charge in [0.1, 0.15) is 73.2 Å². The van der Waals surface area contributed by atoms with Gasteiger partial charge < -0.3 is 89.9 Å². The van der Waals surface area contributed by atoms with E-state index >= 15 is 0 Å². The van der Waals surface area contributed by atoms with Crippen molar-refractivity contribution in [3.8, 4) is 0 Å². The molecule has 3 saturated heterocycles. The molecule has 0 aromatic rings. The maximum absolute atomic E-state index is 13.5. The molecule has 19 nitrogen and oxygen atoms in total. The Morgan fingerprint density at radius 1 is 0.321 bits per heavy atom. The van der Waals surface area contributed by atoms with Crippen LogP contribution in [0.1, 0.15) is 418 Å². The highest BCUT2D eigenvalue weighted by atomic mass is 16.8. The first kappa shape index (κ1) is 104. The molecule has 0 spiro atoms. The lowest BCUT2D eigenvalue weighted by Gasteiger charge is -2.48. The van der Waals surface area contributed by atoms with Crippen LogP contribution in [-0.2, 0) is 33.2 Å². The van der Waals surface area contributed by atoms with Crippen LogP contribution in [0.3, 0.4) is 0 Å². The summed E-state index contributed by atoms with van der Waals surface area (Å²) in [6.07, 6.45) is 67.5. The van der Waals surface area contributed by atoms with E-state index in [1.54, 1.807) is 6.08 Å². The maximum atomic E-state index is 13.5. The molecule has 19 heteroatoms. The molecular formula is C93H175NO18. The summed E-state index contributed by atoms with van der Waals surface area (Å²) in [5.41, 5.74) is 0. The van der Waals surface area contributed by atoms with Crippen molar-refractivity contribution in [2.75, 3.05) is 26.4 Å². The van der Waals surface area contributed by atoms with Crippen molar-refractivity contribution in [2.45, 2.75) is 523 Å². The van der Waals surface area contributed by atoms with Crippen molar-refractivity contribution in [2.24, 2.45) is 0 Å². The molecule has 3 aliphatic heterocycles. The van der Waals surface area contributed by atoms with E-state index in [-0.39, 0.29) is 18.9 Å². The number of aliphatic hydroxyl groups is 11. The van der Waals surface area contributed by atoms with Crippen LogP contribution < -0.4 is 5.32 Å². The van der Waals surface area contributed by atoms with E-state index in [4.69, 9.17) is 28.4 Å². The van der Waals surface area contributed by atoms with E-state index in [1.165, 1.54) is 340 Å². The predicted molar refractivity (Wildman–Crippen MR) is 453 cm³/mol. The zero-order valence-corrected chi connectivity index (χ0v) is 71.4. The van der Waals surface area contributed by atoms with Crippen LogP contribution in [0.25, 0.3) is 0 Å². The van der Waals surface area contributed by atoms with Gasteiger partial charge in [-0.25, -0.2) is 0 Å².